The summed E-state index contributed by atoms with van der Waals surface area (Å²) in [6, 6.07) is 10.5. The van der Waals surface area contributed by atoms with Crippen molar-refractivity contribution in [1.82, 2.24) is 14.8 Å². The van der Waals surface area contributed by atoms with Gasteiger partial charge in [0.1, 0.15) is 0 Å². The number of aromatic nitrogens is 3. The van der Waals surface area contributed by atoms with Crippen LogP contribution >= 0.6 is 0 Å². The maximum Gasteiger partial charge on any atom is 0.416 e. The molecule has 0 atom stereocenters. The van der Waals surface area contributed by atoms with Gasteiger partial charge in [-0.3, -0.25) is 0 Å². The second kappa shape index (κ2) is 4.33. The molecule has 0 unspecified atom stereocenters. The van der Waals surface area contributed by atoms with E-state index in [1.165, 1.54) is 12.1 Å². The highest BCUT2D eigenvalue weighted by molar-refractivity contribution is 5.65. The van der Waals surface area contributed by atoms with Crippen molar-refractivity contribution in [2.75, 3.05) is 0 Å². The number of aryl methyl sites for hydroxylation is 1. The zero-order valence-corrected chi connectivity index (χ0v) is 10.5. The normalized spacial score (nSPS) is 12.0. The number of rotatable bonds is 1. The van der Waals surface area contributed by atoms with E-state index in [0.717, 1.165) is 23.3 Å². The molecule has 102 valence electrons. The molecular formula is C14H10F3N3. The zero-order valence-electron chi connectivity index (χ0n) is 10.5. The van der Waals surface area contributed by atoms with E-state index < -0.39 is 11.7 Å². The van der Waals surface area contributed by atoms with Crippen molar-refractivity contribution in [1.29, 1.82) is 0 Å². The second-order valence-corrected chi connectivity index (χ2v) is 4.46. The molecule has 0 saturated heterocycles. The Morgan fingerprint density at radius 1 is 1.00 bits per heavy atom. The van der Waals surface area contributed by atoms with Gasteiger partial charge in [0.2, 0.25) is 0 Å². The Morgan fingerprint density at radius 2 is 1.70 bits per heavy atom. The van der Waals surface area contributed by atoms with Gasteiger partial charge in [0.25, 0.3) is 0 Å². The van der Waals surface area contributed by atoms with Gasteiger partial charge in [0, 0.05) is 5.56 Å². The third-order valence-corrected chi connectivity index (χ3v) is 3.13. The smallest absolute Gasteiger partial charge is 0.213 e. The van der Waals surface area contributed by atoms with Crippen LogP contribution in [0.3, 0.4) is 0 Å². The van der Waals surface area contributed by atoms with E-state index >= 15 is 0 Å². The third kappa shape index (κ3) is 2.03. The Kier molecular flexibility index (Phi) is 2.74. The number of alkyl halides is 3. The molecular weight excluding hydrogens is 267 g/mol. The Balaban J connectivity index is 2.12. The molecule has 6 heteroatoms. The zero-order chi connectivity index (χ0) is 14.3. The molecule has 2 heterocycles. The summed E-state index contributed by atoms with van der Waals surface area (Å²) < 4.78 is 39.3. The molecule has 0 N–H and O–H groups in total. The fourth-order valence-corrected chi connectivity index (χ4v) is 2.08. The molecule has 0 bridgehead atoms. The molecule has 1 aromatic carbocycles. The molecule has 0 amide bonds. The van der Waals surface area contributed by atoms with E-state index in [1.807, 2.05) is 19.1 Å². The van der Waals surface area contributed by atoms with Crippen LogP contribution in [-0.2, 0) is 6.18 Å². The van der Waals surface area contributed by atoms with E-state index in [0.29, 0.717) is 11.3 Å². The standard InChI is InChI=1S/C14H10F3N3/c1-9-12-3-2-4-13(20(12)19-18-9)10-5-7-11(8-6-10)14(15,16)17/h2-8H,1H3. The fraction of sp³-hybridized carbons (Fsp3) is 0.143. The van der Waals surface area contributed by atoms with Crippen LogP contribution in [0.1, 0.15) is 11.3 Å². The average molecular weight is 277 g/mol. The molecule has 0 spiro atoms. The number of nitrogens with zero attached hydrogens (tertiary/aromatic N) is 3. The molecule has 20 heavy (non-hydrogen) atoms. The van der Waals surface area contributed by atoms with Crippen molar-refractivity contribution in [2.45, 2.75) is 13.1 Å². The predicted octanol–water partition coefficient (Wildman–Crippen LogP) is 3.72. The van der Waals surface area contributed by atoms with Crippen LogP contribution in [0.2, 0.25) is 0 Å². The lowest BCUT2D eigenvalue weighted by Crippen LogP contribution is -2.04. The van der Waals surface area contributed by atoms with Crippen LogP contribution in [0.4, 0.5) is 13.2 Å². The van der Waals surface area contributed by atoms with Crippen LogP contribution in [0.15, 0.2) is 42.5 Å². The number of fused-ring (bicyclic) bond motifs is 1. The van der Waals surface area contributed by atoms with Gasteiger partial charge in [-0.2, -0.15) is 13.2 Å². The number of benzene rings is 1. The van der Waals surface area contributed by atoms with Crippen molar-refractivity contribution in [3.8, 4) is 11.3 Å². The summed E-state index contributed by atoms with van der Waals surface area (Å²) in [5.41, 5.74) is 2.31. The number of pyridine rings is 1. The van der Waals surface area contributed by atoms with Crippen molar-refractivity contribution in [3.05, 3.63) is 53.7 Å². The largest absolute Gasteiger partial charge is 0.416 e. The summed E-state index contributed by atoms with van der Waals surface area (Å²) in [6.45, 7) is 1.83. The van der Waals surface area contributed by atoms with Gasteiger partial charge in [-0.05, 0) is 31.2 Å². The maximum atomic E-state index is 12.6. The number of hydrogen-bond acceptors (Lipinski definition) is 2. The first-order valence-corrected chi connectivity index (χ1v) is 5.95. The molecule has 0 fully saturated rings. The van der Waals surface area contributed by atoms with Crippen LogP contribution in [-0.4, -0.2) is 14.8 Å². The molecule has 0 aliphatic heterocycles. The monoisotopic (exact) mass is 277 g/mol. The average Bonchev–Trinajstić information content (AvgIpc) is 2.80. The minimum Gasteiger partial charge on any atom is -0.213 e. The van der Waals surface area contributed by atoms with E-state index in [1.54, 1.807) is 10.6 Å². The molecule has 0 saturated carbocycles. The van der Waals surface area contributed by atoms with Gasteiger partial charge >= 0.3 is 6.18 Å². The number of halogens is 3. The minimum absolute atomic E-state index is 0.661. The lowest BCUT2D eigenvalue weighted by Gasteiger charge is -2.08. The Labute approximate surface area is 112 Å². The maximum absolute atomic E-state index is 12.6. The van der Waals surface area contributed by atoms with Crippen LogP contribution in [0, 0.1) is 6.92 Å². The lowest BCUT2D eigenvalue weighted by atomic mass is 10.1. The van der Waals surface area contributed by atoms with E-state index in [-0.39, 0.29) is 0 Å². The first kappa shape index (κ1) is 12.7. The quantitative estimate of drug-likeness (QED) is 0.678. The van der Waals surface area contributed by atoms with Crippen LogP contribution in [0.5, 0.6) is 0 Å². The highest BCUT2D eigenvalue weighted by Crippen LogP contribution is 2.31. The first-order chi connectivity index (χ1) is 9.47. The molecule has 3 aromatic rings. The molecule has 0 radical (unpaired) electrons. The van der Waals surface area contributed by atoms with Gasteiger partial charge in [0.05, 0.1) is 22.5 Å². The van der Waals surface area contributed by atoms with Gasteiger partial charge in [-0.25, -0.2) is 4.52 Å². The lowest BCUT2D eigenvalue weighted by molar-refractivity contribution is -0.137. The van der Waals surface area contributed by atoms with Crippen molar-refractivity contribution >= 4 is 5.52 Å². The van der Waals surface area contributed by atoms with Crippen molar-refractivity contribution < 1.29 is 13.2 Å². The summed E-state index contributed by atoms with van der Waals surface area (Å²) in [7, 11) is 0. The molecule has 3 rings (SSSR count). The van der Waals surface area contributed by atoms with Crippen molar-refractivity contribution in [2.24, 2.45) is 0 Å². The summed E-state index contributed by atoms with van der Waals surface area (Å²) >= 11 is 0. The van der Waals surface area contributed by atoms with Crippen molar-refractivity contribution in [3.63, 3.8) is 0 Å². The highest BCUT2D eigenvalue weighted by Gasteiger charge is 2.30. The summed E-state index contributed by atoms with van der Waals surface area (Å²) in [4.78, 5) is 0. The van der Waals surface area contributed by atoms with Gasteiger partial charge in [0.15, 0.2) is 0 Å². The van der Waals surface area contributed by atoms with Crippen LogP contribution in [0.25, 0.3) is 16.8 Å². The minimum atomic E-state index is -4.33. The fourth-order valence-electron chi connectivity index (χ4n) is 2.08. The Bertz CT molecular complexity index is 757. The number of hydrogen-bond donors (Lipinski definition) is 0. The molecule has 0 aliphatic rings. The second-order valence-electron chi connectivity index (χ2n) is 4.46. The highest BCUT2D eigenvalue weighted by atomic mass is 19.4. The SMILES string of the molecule is Cc1nnn2c(-c3ccc(C(F)(F)F)cc3)cccc12. The van der Waals surface area contributed by atoms with Gasteiger partial charge in [-0.1, -0.05) is 23.4 Å². The molecule has 0 aliphatic carbocycles. The molecule has 2 aromatic heterocycles. The summed E-state index contributed by atoms with van der Waals surface area (Å²) in [5.74, 6) is 0. The van der Waals surface area contributed by atoms with Gasteiger partial charge < -0.3 is 0 Å². The Morgan fingerprint density at radius 3 is 2.35 bits per heavy atom. The molecule has 3 nitrogen and oxygen atoms in total. The van der Waals surface area contributed by atoms with Crippen LogP contribution < -0.4 is 0 Å². The van der Waals surface area contributed by atoms with E-state index in [4.69, 9.17) is 0 Å². The van der Waals surface area contributed by atoms with Gasteiger partial charge in [-0.15, -0.1) is 5.10 Å². The first-order valence-electron chi connectivity index (χ1n) is 5.95. The summed E-state index contributed by atoms with van der Waals surface area (Å²) in [6.07, 6.45) is -4.33. The Hall–Kier alpha value is -2.37. The van der Waals surface area contributed by atoms with E-state index in [2.05, 4.69) is 10.3 Å². The third-order valence-electron chi connectivity index (χ3n) is 3.13. The predicted molar refractivity (Wildman–Crippen MR) is 68.2 cm³/mol. The van der Waals surface area contributed by atoms with E-state index in [9.17, 15) is 13.2 Å². The summed E-state index contributed by atoms with van der Waals surface area (Å²) in [5, 5.41) is 7.98. The topological polar surface area (TPSA) is 30.2 Å².